The number of thiazole rings is 1. The van der Waals surface area contributed by atoms with Crippen LogP contribution in [-0.2, 0) is 4.79 Å². The molecule has 0 saturated heterocycles. The van der Waals surface area contributed by atoms with E-state index in [4.69, 9.17) is 0 Å². The summed E-state index contributed by atoms with van der Waals surface area (Å²) in [6.45, 7) is 1.81. The predicted molar refractivity (Wildman–Crippen MR) is 87.4 cm³/mol. The fourth-order valence-corrected chi connectivity index (χ4v) is 3.60. The minimum Gasteiger partial charge on any atom is -0.421 e. The summed E-state index contributed by atoms with van der Waals surface area (Å²) in [6.07, 6.45) is -5.27. The van der Waals surface area contributed by atoms with Gasteiger partial charge in [-0.15, -0.1) is 11.3 Å². The van der Waals surface area contributed by atoms with Crippen LogP contribution < -0.4 is 14.3 Å². The van der Waals surface area contributed by atoms with E-state index in [1.165, 1.54) is 22.0 Å². The molecule has 0 radical (unpaired) electrons. The third-order valence-corrected chi connectivity index (χ3v) is 5.35. The Bertz CT molecular complexity index is 979. The molecule has 10 heteroatoms. The van der Waals surface area contributed by atoms with Crippen LogP contribution in [0.25, 0.3) is 5.69 Å². The van der Waals surface area contributed by atoms with Crippen LogP contribution in [0, 0.1) is 12.8 Å². The highest BCUT2D eigenvalue weighted by molar-refractivity contribution is 7.09. The smallest absolute Gasteiger partial charge is 0.421 e. The van der Waals surface area contributed by atoms with Crippen LogP contribution in [0.3, 0.4) is 0 Å². The lowest BCUT2D eigenvalue weighted by molar-refractivity contribution is -0.391. The van der Waals surface area contributed by atoms with E-state index in [1.54, 1.807) is 13.1 Å². The van der Waals surface area contributed by atoms with Gasteiger partial charge in [0.1, 0.15) is 0 Å². The highest BCUT2D eigenvalue weighted by Crippen LogP contribution is 2.47. The van der Waals surface area contributed by atoms with Crippen molar-refractivity contribution < 1.29 is 31.8 Å². The number of alkyl halides is 4. The van der Waals surface area contributed by atoms with Crippen LogP contribution >= 0.6 is 11.3 Å². The number of aryl methyl sites for hydroxylation is 1. The highest BCUT2D eigenvalue weighted by Gasteiger charge is 2.65. The van der Waals surface area contributed by atoms with Crippen molar-refractivity contribution in [3.63, 3.8) is 0 Å². The lowest BCUT2D eigenvalue weighted by Gasteiger charge is -2.31. The predicted octanol–water partition coefficient (Wildman–Crippen LogP) is 4.03. The largest absolute Gasteiger partial charge is 0.507 e. The minimum atomic E-state index is -4.79. The van der Waals surface area contributed by atoms with Crippen LogP contribution in [0.15, 0.2) is 29.4 Å². The molecule has 1 aliphatic carbocycles. The topological polar surface area (TPSA) is 52.8 Å². The molecule has 5 nitrogen and oxygen atoms in total. The molecule has 1 aliphatic heterocycles. The van der Waals surface area contributed by atoms with Crippen molar-refractivity contribution in [2.24, 2.45) is 10.9 Å². The molecular formula is C17H14F4N2O3S. The van der Waals surface area contributed by atoms with Crippen molar-refractivity contribution in [1.29, 1.82) is 0 Å². The molecule has 2 heterocycles. The maximum Gasteiger partial charge on any atom is 0.507 e. The zero-order valence-corrected chi connectivity index (χ0v) is 14.9. The SMILES string of the molecule is Cc1cn(-c2ccc3c(c2)OC(F)(F)C(F)(F)O3)/c(=N/C(=O)C2CCC2)s1. The molecule has 0 bridgehead atoms. The van der Waals surface area contributed by atoms with Gasteiger partial charge in [0.25, 0.3) is 5.91 Å². The standard InChI is InChI=1S/C17H14F4N2O3S/c1-9-8-23(15(27-9)22-14(24)10-3-2-4-10)11-5-6-12-13(7-11)26-17(20,21)16(18,19)25-12/h5-8,10H,2-4H2,1H3/b22-15-. The first kappa shape index (κ1) is 18.0. The maximum atomic E-state index is 13.4. The van der Waals surface area contributed by atoms with Gasteiger partial charge in [-0.2, -0.15) is 22.6 Å². The fraction of sp³-hybridized carbons (Fsp3) is 0.412. The second-order valence-corrected chi connectivity index (χ2v) is 7.65. The third-order valence-electron chi connectivity index (χ3n) is 4.45. The molecule has 0 atom stereocenters. The number of benzene rings is 1. The van der Waals surface area contributed by atoms with E-state index in [2.05, 4.69) is 14.5 Å². The van der Waals surface area contributed by atoms with Crippen LogP contribution in [0.5, 0.6) is 11.5 Å². The first-order valence-electron chi connectivity index (χ1n) is 8.22. The summed E-state index contributed by atoms with van der Waals surface area (Å²) in [5.74, 6) is -1.31. The van der Waals surface area contributed by atoms with E-state index < -0.39 is 23.7 Å². The molecule has 1 saturated carbocycles. The van der Waals surface area contributed by atoms with Gasteiger partial charge in [-0.05, 0) is 31.9 Å². The van der Waals surface area contributed by atoms with Gasteiger partial charge in [0.2, 0.25) is 0 Å². The summed E-state index contributed by atoms with van der Waals surface area (Å²) in [5.41, 5.74) is 0.336. The molecule has 0 unspecified atom stereocenters. The number of nitrogens with zero attached hydrogens (tertiary/aromatic N) is 2. The lowest BCUT2D eigenvalue weighted by Crippen LogP contribution is -2.52. The van der Waals surface area contributed by atoms with E-state index in [9.17, 15) is 22.4 Å². The fourth-order valence-electron chi connectivity index (χ4n) is 2.76. The summed E-state index contributed by atoms with van der Waals surface area (Å²) < 4.78 is 63.1. The zero-order chi connectivity index (χ0) is 19.4. The molecule has 4 rings (SSSR count). The Morgan fingerprint density at radius 1 is 1.19 bits per heavy atom. The number of hydrogen-bond acceptors (Lipinski definition) is 4. The van der Waals surface area contributed by atoms with Gasteiger partial charge in [-0.25, -0.2) is 0 Å². The van der Waals surface area contributed by atoms with Crippen molar-refractivity contribution in [1.82, 2.24) is 4.57 Å². The van der Waals surface area contributed by atoms with Crippen molar-refractivity contribution in [3.05, 3.63) is 34.1 Å². The van der Waals surface area contributed by atoms with Gasteiger partial charge < -0.3 is 9.47 Å². The average molecular weight is 402 g/mol. The second kappa shape index (κ2) is 6.08. The summed E-state index contributed by atoms with van der Waals surface area (Å²) in [6, 6.07) is 3.67. The number of amides is 1. The molecule has 1 aromatic carbocycles. The molecular weight excluding hydrogens is 388 g/mol. The molecule has 27 heavy (non-hydrogen) atoms. The Hall–Kier alpha value is -2.36. The van der Waals surface area contributed by atoms with E-state index in [0.717, 1.165) is 36.3 Å². The van der Waals surface area contributed by atoms with E-state index >= 15 is 0 Å². The van der Waals surface area contributed by atoms with E-state index in [-0.39, 0.29) is 11.8 Å². The first-order valence-corrected chi connectivity index (χ1v) is 9.04. The number of fused-ring (bicyclic) bond motifs is 1. The molecule has 0 spiro atoms. The normalized spacial score (nSPS) is 21.0. The molecule has 1 amide bonds. The van der Waals surface area contributed by atoms with Crippen LogP contribution in [-0.4, -0.2) is 22.7 Å². The summed E-state index contributed by atoms with van der Waals surface area (Å²) in [4.78, 5) is 17.5. The Labute approximate surface area is 154 Å². The Kier molecular flexibility index (Phi) is 4.06. The summed E-state index contributed by atoms with van der Waals surface area (Å²) in [7, 11) is 0. The van der Waals surface area contributed by atoms with Crippen LogP contribution in [0.2, 0.25) is 0 Å². The monoisotopic (exact) mass is 402 g/mol. The number of halogens is 4. The molecule has 1 fully saturated rings. The average Bonchev–Trinajstić information content (AvgIpc) is 2.86. The zero-order valence-electron chi connectivity index (χ0n) is 14.0. The number of rotatable bonds is 2. The van der Waals surface area contributed by atoms with Gasteiger partial charge in [0.15, 0.2) is 16.3 Å². The quantitative estimate of drug-likeness (QED) is 0.713. The Morgan fingerprint density at radius 2 is 1.85 bits per heavy atom. The number of carbonyl (C=O) groups is 1. The van der Waals surface area contributed by atoms with Crippen molar-refractivity contribution >= 4 is 17.2 Å². The van der Waals surface area contributed by atoms with Gasteiger partial charge in [0, 0.05) is 23.1 Å². The second-order valence-electron chi connectivity index (χ2n) is 6.44. The number of hydrogen-bond donors (Lipinski definition) is 0. The van der Waals surface area contributed by atoms with E-state index in [1.807, 2.05) is 0 Å². The summed E-state index contributed by atoms with van der Waals surface area (Å²) in [5, 5.41) is 0. The van der Waals surface area contributed by atoms with Gasteiger partial charge in [0.05, 0.1) is 5.69 Å². The van der Waals surface area contributed by atoms with Crippen LogP contribution in [0.4, 0.5) is 17.6 Å². The summed E-state index contributed by atoms with van der Waals surface area (Å²) >= 11 is 1.26. The van der Waals surface area contributed by atoms with Gasteiger partial charge in [-0.1, -0.05) is 6.42 Å². The van der Waals surface area contributed by atoms with Crippen molar-refractivity contribution in [2.45, 2.75) is 38.4 Å². The molecule has 2 aromatic rings. The highest BCUT2D eigenvalue weighted by atomic mass is 32.1. The molecule has 2 aliphatic rings. The number of ether oxygens (including phenoxy) is 2. The number of aromatic nitrogens is 1. The molecule has 1 aromatic heterocycles. The van der Waals surface area contributed by atoms with Crippen LogP contribution in [0.1, 0.15) is 24.1 Å². The van der Waals surface area contributed by atoms with Crippen molar-refractivity contribution in [3.8, 4) is 17.2 Å². The molecule has 0 N–H and O–H groups in total. The van der Waals surface area contributed by atoms with Gasteiger partial charge in [-0.3, -0.25) is 9.36 Å². The third kappa shape index (κ3) is 3.11. The Morgan fingerprint density at radius 3 is 2.48 bits per heavy atom. The van der Waals surface area contributed by atoms with Gasteiger partial charge >= 0.3 is 12.2 Å². The van der Waals surface area contributed by atoms with Crippen molar-refractivity contribution in [2.75, 3.05) is 0 Å². The lowest BCUT2D eigenvalue weighted by atomic mass is 9.85. The van der Waals surface area contributed by atoms with E-state index in [0.29, 0.717) is 10.5 Å². The molecule has 144 valence electrons. The number of carbonyl (C=O) groups excluding carboxylic acids is 1. The minimum absolute atomic E-state index is 0.0814. The Balaban J connectivity index is 1.74. The first-order chi connectivity index (χ1) is 12.7. The maximum absolute atomic E-state index is 13.4.